The molecule has 2 aromatic rings. The molecule has 0 unspecified atom stereocenters. The number of thioether (sulfide) groups is 1. The van der Waals surface area contributed by atoms with Gasteiger partial charge in [-0.3, -0.25) is 4.79 Å². The fourth-order valence-corrected chi connectivity index (χ4v) is 2.55. The molecule has 0 bridgehead atoms. The predicted octanol–water partition coefficient (Wildman–Crippen LogP) is 3.36. The molecule has 1 heterocycles. The van der Waals surface area contributed by atoms with Crippen LogP contribution >= 0.6 is 11.8 Å². The van der Waals surface area contributed by atoms with Gasteiger partial charge in [-0.15, -0.1) is 10.2 Å². The van der Waals surface area contributed by atoms with Gasteiger partial charge in [-0.05, 0) is 57.9 Å². The smallest absolute Gasteiger partial charge is 0.277 e. The highest BCUT2D eigenvalue weighted by atomic mass is 32.2. The van der Waals surface area contributed by atoms with Crippen molar-refractivity contribution < 1.29 is 9.21 Å². The predicted molar refractivity (Wildman–Crippen MR) is 87.8 cm³/mol. The molecule has 1 atom stereocenters. The number of carbonyl (C=O) groups excluding carboxylic acids is 1. The molecule has 118 valence electrons. The Kier molecular flexibility index (Phi) is 5.24. The van der Waals surface area contributed by atoms with Crippen molar-refractivity contribution in [3.63, 3.8) is 0 Å². The summed E-state index contributed by atoms with van der Waals surface area (Å²) in [5.74, 6) is 0.438. The maximum atomic E-state index is 11.9. The maximum absolute atomic E-state index is 11.9. The lowest BCUT2D eigenvalue weighted by atomic mass is 10.1. The van der Waals surface area contributed by atoms with Crippen molar-refractivity contribution in [2.45, 2.75) is 51.1 Å². The van der Waals surface area contributed by atoms with Gasteiger partial charge in [0.15, 0.2) is 0 Å². The largest absolute Gasteiger partial charge is 0.411 e. The third kappa shape index (κ3) is 4.10. The first-order valence-corrected chi connectivity index (χ1v) is 8.13. The monoisotopic (exact) mass is 319 g/mol. The molecule has 1 aromatic heterocycles. The molecule has 0 fully saturated rings. The average molecular weight is 319 g/mol. The van der Waals surface area contributed by atoms with Crippen LogP contribution in [0.15, 0.2) is 27.8 Å². The van der Waals surface area contributed by atoms with Crippen LogP contribution in [0.2, 0.25) is 0 Å². The van der Waals surface area contributed by atoms with Gasteiger partial charge in [-0.1, -0.05) is 17.8 Å². The molecule has 5 nitrogen and oxygen atoms in total. The van der Waals surface area contributed by atoms with E-state index in [-0.39, 0.29) is 17.2 Å². The Morgan fingerprint density at radius 3 is 2.55 bits per heavy atom. The van der Waals surface area contributed by atoms with E-state index in [0.29, 0.717) is 11.1 Å². The normalized spacial score (nSPS) is 12.5. The second kappa shape index (κ2) is 6.96. The van der Waals surface area contributed by atoms with Gasteiger partial charge in [0, 0.05) is 11.6 Å². The number of aryl methyl sites for hydroxylation is 2. The van der Waals surface area contributed by atoms with E-state index in [1.165, 1.54) is 22.9 Å². The Labute approximate surface area is 134 Å². The molecule has 2 rings (SSSR count). The van der Waals surface area contributed by atoms with E-state index >= 15 is 0 Å². The number of carbonyl (C=O) groups is 1. The molecule has 0 radical (unpaired) electrons. The number of aromatic nitrogens is 2. The fraction of sp³-hybridized carbons (Fsp3) is 0.438. The molecule has 6 heteroatoms. The Morgan fingerprint density at radius 2 is 1.91 bits per heavy atom. The van der Waals surface area contributed by atoms with Crippen molar-refractivity contribution in [2.75, 3.05) is 0 Å². The van der Waals surface area contributed by atoms with Crippen LogP contribution in [-0.2, 0) is 4.79 Å². The summed E-state index contributed by atoms with van der Waals surface area (Å²) >= 11 is 1.26. The van der Waals surface area contributed by atoms with E-state index < -0.39 is 0 Å². The van der Waals surface area contributed by atoms with Crippen molar-refractivity contribution in [3.05, 3.63) is 29.3 Å². The highest BCUT2D eigenvalue weighted by Gasteiger charge is 2.19. The molecule has 0 aliphatic heterocycles. The number of nitrogens with zero attached hydrogens (tertiary/aromatic N) is 2. The molecule has 1 N–H and O–H groups in total. The zero-order valence-electron chi connectivity index (χ0n) is 13.5. The highest BCUT2D eigenvalue weighted by molar-refractivity contribution is 8.00. The fourth-order valence-electron chi connectivity index (χ4n) is 1.86. The minimum atomic E-state index is -0.282. The summed E-state index contributed by atoms with van der Waals surface area (Å²) in [6, 6.07) is 6.12. The first kappa shape index (κ1) is 16.5. The summed E-state index contributed by atoms with van der Waals surface area (Å²) in [7, 11) is 0. The molecule has 0 aliphatic carbocycles. The molecule has 0 aliphatic rings. The van der Waals surface area contributed by atoms with E-state index in [2.05, 4.69) is 22.4 Å². The van der Waals surface area contributed by atoms with E-state index in [4.69, 9.17) is 4.42 Å². The van der Waals surface area contributed by atoms with Crippen LogP contribution in [0.25, 0.3) is 11.5 Å². The first-order chi connectivity index (χ1) is 10.4. The summed E-state index contributed by atoms with van der Waals surface area (Å²) < 4.78 is 5.65. The van der Waals surface area contributed by atoms with Gasteiger partial charge >= 0.3 is 0 Å². The van der Waals surface area contributed by atoms with Gasteiger partial charge < -0.3 is 9.73 Å². The topological polar surface area (TPSA) is 68.0 Å². The second-order valence-electron chi connectivity index (χ2n) is 5.60. The third-order valence-corrected chi connectivity index (χ3v) is 4.17. The molecular weight excluding hydrogens is 298 g/mol. The van der Waals surface area contributed by atoms with Gasteiger partial charge in [-0.25, -0.2) is 0 Å². The van der Waals surface area contributed by atoms with Crippen molar-refractivity contribution in [2.24, 2.45) is 0 Å². The standard InChI is InChI=1S/C16H21N3O2S/c1-9(2)17-14(20)12(5)22-16-19-18-15(21-16)13-7-6-10(3)11(4)8-13/h6-9,12H,1-5H3,(H,17,20)/t12-/m1/s1. The number of hydrogen-bond donors (Lipinski definition) is 1. The number of hydrogen-bond acceptors (Lipinski definition) is 5. The van der Waals surface area contributed by atoms with E-state index in [9.17, 15) is 4.79 Å². The number of nitrogens with one attached hydrogen (secondary N) is 1. The summed E-state index contributed by atoms with van der Waals surface area (Å²) in [5, 5.41) is 11.1. The molecule has 1 aromatic carbocycles. The zero-order valence-corrected chi connectivity index (χ0v) is 14.3. The lowest BCUT2D eigenvalue weighted by Gasteiger charge is -2.12. The van der Waals surface area contributed by atoms with Gasteiger partial charge in [0.1, 0.15) is 0 Å². The lowest BCUT2D eigenvalue weighted by molar-refractivity contribution is -0.120. The summed E-state index contributed by atoms with van der Waals surface area (Å²) in [6.07, 6.45) is 0. The van der Waals surface area contributed by atoms with Crippen molar-refractivity contribution in [3.8, 4) is 11.5 Å². The molecule has 0 saturated carbocycles. The molecule has 0 spiro atoms. The Morgan fingerprint density at radius 1 is 1.18 bits per heavy atom. The van der Waals surface area contributed by atoms with E-state index in [1.54, 1.807) is 0 Å². The van der Waals surface area contributed by atoms with Crippen molar-refractivity contribution in [1.82, 2.24) is 15.5 Å². The van der Waals surface area contributed by atoms with Crippen LogP contribution in [-0.4, -0.2) is 27.4 Å². The summed E-state index contributed by atoms with van der Waals surface area (Å²) in [6.45, 7) is 9.79. The van der Waals surface area contributed by atoms with E-state index in [1.807, 2.05) is 45.9 Å². The van der Waals surface area contributed by atoms with Crippen LogP contribution in [0.1, 0.15) is 31.9 Å². The first-order valence-electron chi connectivity index (χ1n) is 7.25. The van der Waals surface area contributed by atoms with Crippen LogP contribution < -0.4 is 5.32 Å². The van der Waals surface area contributed by atoms with Gasteiger partial charge in [0.2, 0.25) is 11.8 Å². The highest BCUT2D eigenvalue weighted by Crippen LogP contribution is 2.27. The quantitative estimate of drug-likeness (QED) is 0.856. The SMILES string of the molecule is Cc1ccc(-c2nnc(S[C@H](C)C(=O)NC(C)C)o2)cc1C. The summed E-state index contributed by atoms with van der Waals surface area (Å²) in [5.41, 5.74) is 3.29. The second-order valence-corrected chi connectivity index (χ2v) is 6.89. The third-order valence-electron chi connectivity index (χ3n) is 3.24. The number of benzene rings is 1. The Balaban J connectivity index is 2.08. The lowest BCUT2D eigenvalue weighted by Crippen LogP contribution is -2.35. The maximum Gasteiger partial charge on any atom is 0.277 e. The molecule has 1 amide bonds. The van der Waals surface area contributed by atoms with Gasteiger partial charge in [0.25, 0.3) is 5.22 Å². The Hall–Kier alpha value is -1.82. The number of amides is 1. The summed E-state index contributed by atoms with van der Waals surface area (Å²) in [4.78, 5) is 11.9. The Bertz CT molecular complexity index is 667. The van der Waals surface area contributed by atoms with E-state index in [0.717, 1.165) is 5.56 Å². The van der Waals surface area contributed by atoms with Crippen LogP contribution in [0.5, 0.6) is 0 Å². The average Bonchev–Trinajstić information content (AvgIpc) is 2.89. The minimum absolute atomic E-state index is 0.0362. The van der Waals surface area contributed by atoms with Crippen LogP contribution in [0, 0.1) is 13.8 Å². The van der Waals surface area contributed by atoms with Crippen LogP contribution in [0.4, 0.5) is 0 Å². The molecular formula is C16H21N3O2S. The van der Waals surface area contributed by atoms with Crippen LogP contribution in [0.3, 0.4) is 0 Å². The number of rotatable bonds is 5. The van der Waals surface area contributed by atoms with Crippen molar-refractivity contribution >= 4 is 17.7 Å². The minimum Gasteiger partial charge on any atom is -0.411 e. The van der Waals surface area contributed by atoms with Gasteiger partial charge in [0.05, 0.1) is 5.25 Å². The molecule has 0 saturated heterocycles. The zero-order chi connectivity index (χ0) is 16.3. The van der Waals surface area contributed by atoms with Crippen molar-refractivity contribution in [1.29, 1.82) is 0 Å². The van der Waals surface area contributed by atoms with Gasteiger partial charge in [-0.2, -0.15) is 0 Å². The molecule has 22 heavy (non-hydrogen) atoms.